The minimum atomic E-state index is 0.244. The van der Waals surface area contributed by atoms with Crippen molar-refractivity contribution in [2.75, 3.05) is 6.54 Å². The van der Waals surface area contributed by atoms with Gasteiger partial charge in [0.15, 0.2) is 0 Å². The van der Waals surface area contributed by atoms with Crippen LogP contribution in [0.1, 0.15) is 6.92 Å². The fraction of sp³-hybridized carbons (Fsp3) is 0.600. The Hall–Kier alpha value is -0.340. The molecule has 1 aliphatic rings. The Bertz CT molecular complexity index is 80.1. The van der Waals surface area contributed by atoms with Crippen LogP contribution in [0.3, 0.4) is 0 Å². The Labute approximate surface area is 43.1 Å². The minimum absolute atomic E-state index is 0.244. The van der Waals surface area contributed by atoms with Crippen LogP contribution in [0, 0.1) is 0 Å². The van der Waals surface area contributed by atoms with Gasteiger partial charge in [0, 0.05) is 6.54 Å². The highest BCUT2D eigenvalue weighted by Crippen LogP contribution is 1.92. The van der Waals surface area contributed by atoms with Crippen molar-refractivity contribution in [1.29, 1.82) is 0 Å². The van der Waals surface area contributed by atoms with E-state index in [0.29, 0.717) is 0 Å². The van der Waals surface area contributed by atoms with Crippen molar-refractivity contribution in [3.05, 3.63) is 12.2 Å². The smallest absolute Gasteiger partial charge is 0.0943 e. The molecular weight excluding hydrogens is 90.1 g/mol. The van der Waals surface area contributed by atoms with Crippen LogP contribution in [0.25, 0.3) is 0 Å². The molecule has 2 heteroatoms. The van der Waals surface area contributed by atoms with E-state index in [-0.39, 0.29) is 6.10 Å². The molecule has 1 rings (SSSR count). The van der Waals surface area contributed by atoms with Crippen LogP contribution in [-0.2, 0) is 4.84 Å². The van der Waals surface area contributed by atoms with Crippen LogP contribution in [-0.4, -0.2) is 12.6 Å². The molecule has 2 nitrogen and oxygen atoms in total. The molecule has 0 saturated heterocycles. The van der Waals surface area contributed by atoms with Crippen LogP contribution in [0.4, 0.5) is 0 Å². The molecule has 0 aliphatic carbocycles. The zero-order valence-electron chi connectivity index (χ0n) is 4.35. The van der Waals surface area contributed by atoms with Gasteiger partial charge in [-0.15, -0.1) is 0 Å². The largest absolute Gasteiger partial charge is 0.294 e. The molecule has 0 radical (unpaired) electrons. The summed E-state index contributed by atoms with van der Waals surface area (Å²) in [5.41, 5.74) is 2.75. The molecule has 1 unspecified atom stereocenters. The van der Waals surface area contributed by atoms with Crippen molar-refractivity contribution in [2.24, 2.45) is 0 Å². The first kappa shape index (κ1) is 4.81. The molecule has 7 heavy (non-hydrogen) atoms. The van der Waals surface area contributed by atoms with Gasteiger partial charge in [0.1, 0.15) is 0 Å². The highest BCUT2D eigenvalue weighted by atomic mass is 16.7. The van der Waals surface area contributed by atoms with E-state index in [9.17, 15) is 0 Å². The number of hydrogen-bond donors (Lipinski definition) is 1. The van der Waals surface area contributed by atoms with Gasteiger partial charge in [0.2, 0.25) is 0 Å². The molecule has 0 fully saturated rings. The first-order valence-electron chi connectivity index (χ1n) is 2.45. The summed E-state index contributed by atoms with van der Waals surface area (Å²) in [6.07, 6.45) is 4.32. The Balaban J connectivity index is 2.36. The first-order chi connectivity index (χ1) is 3.39. The normalized spacial score (nSPS) is 30.7. The molecule has 0 bridgehead atoms. The molecule has 0 spiro atoms. The van der Waals surface area contributed by atoms with Gasteiger partial charge < -0.3 is 0 Å². The summed E-state index contributed by atoms with van der Waals surface area (Å²) in [6.45, 7) is 2.83. The lowest BCUT2D eigenvalue weighted by Gasteiger charge is -2.11. The molecule has 0 amide bonds. The molecule has 1 aliphatic heterocycles. The summed E-state index contributed by atoms with van der Waals surface area (Å²) >= 11 is 0. The van der Waals surface area contributed by atoms with Gasteiger partial charge >= 0.3 is 0 Å². The predicted molar refractivity (Wildman–Crippen MR) is 27.7 cm³/mol. The predicted octanol–water partition coefficient (Wildman–Crippen LogP) is 0.466. The third-order valence-electron chi connectivity index (χ3n) is 0.878. The standard InChI is InChI=1S/C5H9NO/c1-5-3-2-4-6-7-5/h2-3,5-6H,4H2,1H3. The van der Waals surface area contributed by atoms with Gasteiger partial charge in [0.25, 0.3) is 0 Å². The first-order valence-corrected chi connectivity index (χ1v) is 2.45. The maximum Gasteiger partial charge on any atom is 0.0943 e. The maximum atomic E-state index is 4.94. The summed E-state index contributed by atoms with van der Waals surface area (Å²) in [4.78, 5) is 4.94. The van der Waals surface area contributed by atoms with E-state index in [1.807, 2.05) is 19.1 Å². The Morgan fingerprint density at radius 1 is 1.86 bits per heavy atom. The Morgan fingerprint density at radius 3 is 3.00 bits per heavy atom. The zero-order valence-corrected chi connectivity index (χ0v) is 4.35. The van der Waals surface area contributed by atoms with E-state index in [1.165, 1.54) is 0 Å². The van der Waals surface area contributed by atoms with E-state index >= 15 is 0 Å². The number of rotatable bonds is 0. The second-order valence-electron chi connectivity index (χ2n) is 1.60. The van der Waals surface area contributed by atoms with E-state index in [1.54, 1.807) is 0 Å². The lowest BCUT2D eigenvalue weighted by Crippen LogP contribution is -2.24. The summed E-state index contributed by atoms with van der Waals surface area (Å²) < 4.78 is 0. The number of nitrogens with one attached hydrogen (secondary N) is 1. The molecular formula is C5H9NO. The van der Waals surface area contributed by atoms with Crippen molar-refractivity contribution < 1.29 is 4.84 Å². The lowest BCUT2D eigenvalue weighted by atomic mass is 10.3. The second kappa shape index (κ2) is 2.09. The van der Waals surface area contributed by atoms with Crippen LogP contribution >= 0.6 is 0 Å². The van der Waals surface area contributed by atoms with Crippen LogP contribution < -0.4 is 5.48 Å². The van der Waals surface area contributed by atoms with Gasteiger partial charge in [-0.05, 0) is 6.92 Å². The molecule has 0 aromatic rings. The van der Waals surface area contributed by atoms with Crippen molar-refractivity contribution in [1.82, 2.24) is 5.48 Å². The average Bonchev–Trinajstić information content (AvgIpc) is 1.69. The molecule has 1 atom stereocenters. The van der Waals surface area contributed by atoms with Crippen LogP contribution in [0.15, 0.2) is 12.2 Å². The molecule has 1 N–H and O–H groups in total. The summed E-state index contributed by atoms with van der Waals surface area (Å²) in [6, 6.07) is 0. The van der Waals surface area contributed by atoms with Crippen molar-refractivity contribution >= 4 is 0 Å². The fourth-order valence-electron chi connectivity index (χ4n) is 0.527. The number of hydrogen-bond acceptors (Lipinski definition) is 2. The Kier molecular flexibility index (Phi) is 1.44. The maximum absolute atomic E-state index is 4.94. The SMILES string of the molecule is CC1C=CCNO1. The van der Waals surface area contributed by atoms with Gasteiger partial charge in [-0.2, -0.15) is 5.48 Å². The lowest BCUT2D eigenvalue weighted by molar-refractivity contribution is 0.00847. The monoisotopic (exact) mass is 99.1 g/mol. The quantitative estimate of drug-likeness (QED) is 0.445. The number of hydroxylamine groups is 1. The van der Waals surface area contributed by atoms with Crippen LogP contribution in [0.5, 0.6) is 0 Å². The highest BCUT2D eigenvalue weighted by Gasteiger charge is 1.97. The summed E-state index contributed by atoms with van der Waals surface area (Å²) in [5, 5.41) is 0. The van der Waals surface area contributed by atoms with E-state index in [2.05, 4.69) is 5.48 Å². The third kappa shape index (κ3) is 1.29. The van der Waals surface area contributed by atoms with Gasteiger partial charge in [-0.1, -0.05) is 12.2 Å². The van der Waals surface area contributed by atoms with Gasteiger partial charge in [-0.25, -0.2) is 0 Å². The second-order valence-corrected chi connectivity index (χ2v) is 1.60. The van der Waals surface area contributed by atoms with E-state index in [0.717, 1.165) is 6.54 Å². The van der Waals surface area contributed by atoms with E-state index in [4.69, 9.17) is 4.84 Å². The molecule has 40 valence electrons. The Morgan fingerprint density at radius 2 is 2.71 bits per heavy atom. The van der Waals surface area contributed by atoms with Gasteiger partial charge in [-0.3, -0.25) is 4.84 Å². The summed E-state index contributed by atoms with van der Waals surface area (Å²) in [5.74, 6) is 0. The summed E-state index contributed by atoms with van der Waals surface area (Å²) in [7, 11) is 0. The van der Waals surface area contributed by atoms with Gasteiger partial charge in [0.05, 0.1) is 6.10 Å². The molecule has 0 aromatic carbocycles. The molecule has 1 heterocycles. The topological polar surface area (TPSA) is 21.3 Å². The average molecular weight is 99.1 g/mol. The van der Waals surface area contributed by atoms with E-state index < -0.39 is 0 Å². The van der Waals surface area contributed by atoms with Crippen LogP contribution in [0.2, 0.25) is 0 Å². The van der Waals surface area contributed by atoms with Crippen molar-refractivity contribution in [3.63, 3.8) is 0 Å². The third-order valence-corrected chi connectivity index (χ3v) is 0.878. The highest BCUT2D eigenvalue weighted by molar-refractivity contribution is 4.90. The zero-order chi connectivity index (χ0) is 5.11. The molecule has 0 saturated carbocycles. The minimum Gasteiger partial charge on any atom is -0.294 e. The van der Waals surface area contributed by atoms with Crippen molar-refractivity contribution in [3.8, 4) is 0 Å². The molecule has 0 aromatic heterocycles. The van der Waals surface area contributed by atoms with Crippen molar-refractivity contribution in [2.45, 2.75) is 13.0 Å². The fourth-order valence-corrected chi connectivity index (χ4v) is 0.527.